The number of aromatic nitrogens is 6. The average Bonchev–Trinajstić information content (AvgIpc) is 3.72. The lowest BCUT2D eigenvalue weighted by Crippen LogP contribution is -2.07. The molecule has 0 bridgehead atoms. The Morgan fingerprint density at radius 1 is 0.360 bits per heavy atom. The average molecular weight is 641 g/mol. The highest BCUT2D eigenvalue weighted by atomic mass is 15.2. The van der Waals surface area contributed by atoms with Crippen LogP contribution in [0.4, 0.5) is 0 Å². The van der Waals surface area contributed by atoms with Gasteiger partial charge in [0.15, 0.2) is 11.6 Å². The zero-order valence-corrected chi connectivity index (χ0v) is 26.8. The fourth-order valence-corrected chi connectivity index (χ4v) is 7.17. The fourth-order valence-electron chi connectivity index (χ4n) is 7.17. The first kappa shape index (κ1) is 28.1. The summed E-state index contributed by atoms with van der Waals surface area (Å²) >= 11 is 0. The van der Waals surface area contributed by atoms with Crippen molar-refractivity contribution in [1.82, 2.24) is 29.1 Å². The Balaban J connectivity index is 1.30. The summed E-state index contributed by atoms with van der Waals surface area (Å²) in [6.45, 7) is 0. The predicted octanol–water partition coefficient (Wildman–Crippen LogP) is 10.5. The molecule has 0 aliphatic heterocycles. The Bertz CT molecular complexity index is 2840. The van der Waals surface area contributed by atoms with Gasteiger partial charge in [0, 0.05) is 44.6 Å². The Kier molecular flexibility index (Phi) is 6.39. The summed E-state index contributed by atoms with van der Waals surface area (Å²) in [4.78, 5) is 20.4. The molecule has 0 N–H and O–H groups in total. The SMILES string of the molecule is c1ccc(-c2ccc(-c3nc(-c4ccccc4)nc(-n4c5ncccc5c5ccc6c7ccccc7n(-c7ccccc7)c6c54)n3)cc2)cc1. The second kappa shape index (κ2) is 11.4. The van der Waals surface area contributed by atoms with Crippen molar-refractivity contribution in [2.75, 3.05) is 0 Å². The minimum absolute atomic E-state index is 0.511. The van der Waals surface area contributed by atoms with Gasteiger partial charge < -0.3 is 4.57 Å². The van der Waals surface area contributed by atoms with Crippen LogP contribution in [0.1, 0.15) is 0 Å². The van der Waals surface area contributed by atoms with Crippen molar-refractivity contribution in [1.29, 1.82) is 0 Å². The molecule has 6 aromatic carbocycles. The van der Waals surface area contributed by atoms with E-state index >= 15 is 0 Å². The first-order valence-corrected chi connectivity index (χ1v) is 16.7. The molecule has 0 saturated heterocycles. The van der Waals surface area contributed by atoms with E-state index in [2.05, 4.69) is 130 Å². The quantitative estimate of drug-likeness (QED) is 0.188. The lowest BCUT2D eigenvalue weighted by molar-refractivity contribution is 0.944. The van der Waals surface area contributed by atoms with Gasteiger partial charge in [0.05, 0.1) is 16.6 Å². The first-order valence-electron chi connectivity index (χ1n) is 16.7. The van der Waals surface area contributed by atoms with E-state index < -0.39 is 0 Å². The van der Waals surface area contributed by atoms with Gasteiger partial charge in [-0.15, -0.1) is 0 Å². The smallest absolute Gasteiger partial charge is 0.240 e. The van der Waals surface area contributed by atoms with Crippen LogP contribution in [0.15, 0.2) is 170 Å². The van der Waals surface area contributed by atoms with Crippen LogP contribution in [0.2, 0.25) is 0 Å². The third kappa shape index (κ3) is 4.43. The van der Waals surface area contributed by atoms with Crippen LogP contribution >= 0.6 is 0 Å². The summed E-state index contributed by atoms with van der Waals surface area (Å²) in [5.74, 6) is 1.70. The molecule has 0 fully saturated rings. The summed E-state index contributed by atoms with van der Waals surface area (Å²) in [6, 6.07) is 56.6. The molecule has 4 heterocycles. The molecular weight excluding hydrogens is 613 g/mol. The van der Waals surface area contributed by atoms with Crippen LogP contribution in [-0.2, 0) is 0 Å². The van der Waals surface area contributed by atoms with Gasteiger partial charge >= 0.3 is 0 Å². The summed E-state index contributed by atoms with van der Waals surface area (Å²) < 4.78 is 4.48. The second-order valence-corrected chi connectivity index (χ2v) is 12.3. The van der Waals surface area contributed by atoms with Gasteiger partial charge in [-0.05, 0) is 41.5 Å². The molecule has 0 saturated carbocycles. The van der Waals surface area contributed by atoms with Gasteiger partial charge in [-0.3, -0.25) is 4.57 Å². The van der Waals surface area contributed by atoms with E-state index in [0.717, 1.165) is 66.3 Å². The molecular formula is C44H28N6. The van der Waals surface area contributed by atoms with Crippen LogP contribution in [0, 0.1) is 0 Å². The van der Waals surface area contributed by atoms with Crippen molar-refractivity contribution in [2.24, 2.45) is 0 Å². The highest BCUT2D eigenvalue weighted by molar-refractivity contribution is 6.23. The van der Waals surface area contributed by atoms with E-state index in [1.807, 2.05) is 48.7 Å². The molecule has 0 radical (unpaired) electrons. The minimum atomic E-state index is 0.511. The molecule has 4 aromatic heterocycles. The van der Waals surface area contributed by atoms with Gasteiger partial charge in [-0.25, -0.2) is 9.97 Å². The molecule has 10 aromatic rings. The lowest BCUT2D eigenvalue weighted by Gasteiger charge is -2.13. The molecule has 6 nitrogen and oxygen atoms in total. The van der Waals surface area contributed by atoms with E-state index in [-0.39, 0.29) is 0 Å². The molecule has 0 amide bonds. The summed E-state index contributed by atoms with van der Waals surface area (Å²) in [7, 11) is 0. The topological polar surface area (TPSA) is 61.4 Å². The van der Waals surface area contributed by atoms with Crippen molar-refractivity contribution in [2.45, 2.75) is 0 Å². The van der Waals surface area contributed by atoms with Crippen LogP contribution in [0.25, 0.3) is 89.3 Å². The number of hydrogen-bond acceptors (Lipinski definition) is 4. The molecule has 6 heteroatoms. The maximum atomic E-state index is 5.23. The van der Waals surface area contributed by atoms with Crippen LogP contribution in [0.3, 0.4) is 0 Å². The molecule has 0 aliphatic carbocycles. The highest BCUT2D eigenvalue weighted by Gasteiger charge is 2.24. The Hall–Kier alpha value is -6.92. The van der Waals surface area contributed by atoms with Gasteiger partial charge in [-0.2, -0.15) is 9.97 Å². The zero-order chi connectivity index (χ0) is 33.0. The number of nitrogens with zero attached hydrogens (tertiary/aromatic N) is 6. The summed E-state index contributed by atoms with van der Waals surface area (Å²) in [5, 5.41) is 4.44. The predicted molar refractivity (Wildman–Crippen MR) is 203 cm³/mol. The van der Waals surface area contributed by atoms with E-state index in [1.54, 1.807) is 0 Å². The molecule has 0 spiro atoms. The van der Waals surface area contributed by atoms with Crippen molar-refractivity contribution in [3.63, 3.8) is 0 Å². The molecule has 0 aliphatic rings. The third-order valence-corrected chi connectivity index (χ3v) is 9.44. The van der Waals surface area contributed by atoms with Crippen LogP contribution in [0.5, 0.6) is 0 Å². The first-order chi connectivity index (χ1) is 24.8. The fraction of sp³-hybridized carbons (Fsp3) is 0. The van der Waals surface area contributed by atoms with Crippen molar-refractivity contribution in [3.05, 3.63) is 170 Å². The standard InChI is InChI=1S/C44H28N6/c1-4-13-29(14-5-1)30-22-24-32(25-23-30)42-46-41(31-15-6-2-7-16-31)47-44(48-42)50-40-36(37-20-12-28-45-43(37)50)27-26-35-34-19-10-11-21-38(34)49(39(35)40)33-17-8-3-9-18-33/h1-28H. The number of pyridine rings is 1. The van der Waals surface area contributed by atoms with E-state index in [1.165, 1.54) is 5.39 Å². The van der Waals surface area contributed by atoms with Crippen molar-refractivity contribution >= 4 is 43.7 Å². The minimum Gasteiger partial charge on any atom is -0.307 e. The van der Waals surface area contributed by atoms with E-state index in [9.17, 15) is 0 Å². The zero-order valence-electron chi connectivity index (χ0n) is 26.8. The van der Waals surface area contributed by atoms with Crippen LogP contribution in [-0.4, -0.2) is 29.1 Å². The normalized spacial score (nSPS) is 11.6. The molecule has 0 unspecified atom stereocenters. The number of hydrogen-bond donors (Lipinski definition) is 0. The number of benzene rings is 6. The van der Waals surface area contributed by atoms with Crippen molar-refractivity contribution < 1.29 is 0 Å². The van der Waals surface area contributed by atoms with Gasteiger partial charge in [0.1, 0.15) is 5.65 Å². The molecule has 0 atom stereocenters. The Labute approximate surface area is 287 Å². The monoisotopic (exact) mass is 640 g/mol. The molecule has 234 valence electrons. The van der Waals surface area contributed by atoms with Crippen LogP contribution < -0.4 is 0 Å². The number of fused-ring (bicyclic) bond motifs is 7. The number of para-hydroxylation sites is 2. The van der Waals surface area contributed by atoms with Gasteiger partial charge in [0.25, 0.3) is 0 Å². The lowest BCUT2D eigenvalue weighted by atomic mass is 10.0. The highest BCUT2D eigenvalue weighted by Crippen LogP contribution is 2.41. The Morgan fingerprint density at radius 2 is 0.880 bits per heavy atom. The van der Waals surface area contributed by atoms with Crippen molar-refractivity contribution in [3.8, 4) is 45.5 Å². The maximum absolute atomic E-state index is 5.23. The number of rotatable bonds is 5. The summed E-state index contributed by atoms with van der Waals surface area (Å²) in [6.07, 6.45) is 1.84. The Morgan fingerprint density at radius 3 is 1.60 bits per heavy atom. The maximum Gasteiger partial charge on any atom is 0.240 e. The largest absolute Gasteiger partial charge is 0.307 e. The summed E-state index contributed by atoms with van der Waals surface area (Å²) in [5.41, 5.74) is 9.18. The second-order valence-electron chi connectivity index (χ2n) is 12.3. The van der Waals surface area contributed by atoms with E-state index in [4.69, 9.17) is 19.9 Å². The van der Waals surface area contributed by atoms with Gasteiger partial charge in [-0.1, -0.05) is 133 Å². The van der Waals surface area contributed by atoms with Gasteiger partial charge in [0.2, 0.25) is 5.95 Å². The van der Waals surface area contributed by atoms with E-state index in [0.29, 0.717) is 17.6 Å². The molecule has 10 rings (SSSR count). The molecule has 50 heavy (non-hydrogen) atoms. The third-order valence-electron chi connectivity index (χ3n) is 9.44.